The molecule has 0 saturated carbocycles. The molecule has 0 fully saturated rings. The van der Waals surface area contributed by atoms with Crippen molar-refractivity contribution >= 4 is 21.8 Å². The van der Waals surface area contributed by atoms with Crippen molar-refractivity contribution in [3.8, 4) is 5.75 Å². The lowest BCUT2D eigenvalue weighted by molar-refractivity contribution is 0.307. The van der Waals surface area contributed by atoms with E-state index in [2.05, 4.69) is 10.8 Å². The third-order valence-corrected chi connectivity index (χ3v) is 5.68. The van der Waals surface area contributed by atoms with Crippen LogP contribution in [0.4, 0.5) is 5.69 Å². The smallest absolute Gasteiger partial charge is 0.261 e. The van der Waals surface area contributed by atoms with Crippen LogP contribution >= 0.6 is 0 Å². The SMILES string of the molecule is O=S(=O)(Nc1cccc(/C=C/CCCCOc2ccccc2)c1)c1ccccc1. The standard InChI is InChI=1S/C24H25NO3S/c26-29(27,24-17-8-4-9-18-24)25-22-14-11-13-21(20-22)12-5-1-2-10-19-28-23-15-6-3-7-16-23/h3-9,11-18,20,25H,1-2,10,19H2/b12-5+. The first-order valence-corrected chi connectivity index (χ1v) is 11.1. The van der Waals surface area contributed by atoms with Gasteiger partial charge < -0.3 is 4.74 Å². The summed E-state index contributed by atoms with van der Waals surface area (Å²) in [6, 6.07) is 25.5. The highest BCUT2D eigenvalue weighted by atomic mass is 32.2. The molecule has 0 unspecified atom stereocenters. The van der Waals surface area contributed by atoms with Crippen molar-refractivity contribution in [2.45, 2.75) is 24.2 Å². The lowest BCUT2D eigenvalue weighted by atomic mass is 10.1. The lowest BCUT2D eigenvalue weighted by Crippen LogP contribution is -2.12. The molecule has 0 spiro atoms. The number of benzene rings is 3. The molecule has 0 aliphatic heterocycles. The second-order valence-electron chi connectivity index (χ2n) is 6.60. The molecule has 0 saturated heterocycles. The number of nitrogens with one attached hydrogen (secondary N) is 1. The predicted molar refractivity (Wildman–Crippen MR) is 119 cm³/mol. The molecule has 0 bridgehead atoms. The second-order valence-corrected chi connectivity index (χ2v) is 8.29. The van der Waals surface area contributed by atoms with Crippen LogP contribution in [0.5, 0.6) is 5.75 Å². The van der Waals surface area contributed by atoms with Crippen LogP contribution < -0.4 is 9.46 Å². The van der Waals surface area contributed by atoms with E-state index < -0.39 is 10.0 Å². The summed E-state index contributed by atoms with van der Waals surface area (Å²) >= 11 is 0. The summed E-state index contributed by atoms with van der Waals surface area (Å²) in [6.07, 6.45) is 7.07. The third kappa shape index (κ3) is 6.80. The summed E-state index contributed by atoms with van der Waals surface area (Å²) in [4.78, 5) is 0.249. The van der Waals surface area contributed by atoms with Gasteiger partial charge >= 0.3 is 0 Å². The van der Waals surface area contributed by atoms with E-state index in [9.17, 15) is 8.42 Å². The fraction of sp³-hybridized carbons (Fsp3) is 0.167. The molecule has 3 rings (SSSR count). The zero-order valence-corrected chi connectivity index (χ0v) is 17.0. The zero-order chi connectivity index (χ0) is 20.4. The van der Waals surface area contributed by atoms with E-state index in [1.165, 1.54) is 0 Å². The van der Waals surface area contributed by atoms with Crippen LogP contribution in [0.2, 0.25) is 0 Å². The summed E-state index contributed by atoms with van der Waals surface area (Å²) in [5.41, 5.74) is 1.51. The van der Waals surface area contributed by atoms with Crippen LogP contribution in [-0.2, 0) is 10.0 Å². The quantitative estimate of drug-likeness (QED) is 0.435. The van der Waals surface area contributed by atoms with Crippen molar-refractivity contribution in [1.29, 1.82) is 0 Å². The van der Waals surface area contributed by atoms with E-state index in [1.807, 2.05) is 54.6 Å². The van der Waals surface area contributed by atoms with Crippen LogP contribution in [0.15, 0.2) is 95.9 Å². The maximum Gasteiger partial charge on any atom is 0.261 e. The Bertz CT molecular complexity index is 1020. The molecule has 3 aromatic carbocycles. The molecule has 3 aromatic rings. The summed E-state index contributed by atoms with van der Waals surface area (Å²) in [5, 5.41) is 0. The Labute approximate surface area is 172 Å². The Morgan fingerprint density at radius 1 is 0.828 bits per heavy atom. The topological polar surface area (TPSA) is 55.4 Å². The van der Waals surface area contributed by atoms with Gasteiger partial charge in [0.2, 0.25) is 0 Å². The van der Waals surface area contributed by atoms with Crippen LogP contribution in [0.3, 0.4) is 0 Å². The van der Waals surface area contributed by atoms with Gasteiger partial charge in [-0.3, -0.25) is 4.72 Å². The number of anilines is 1. The number of ether oxygens (including phenoxy) is 1. The summed E-state index contributed by atoms with van der Waals surface area (Å²) in [7, 11) is -3.58. The predicted octanol–water partition coefficient (Wildman–Crippen LogP) is 5.75. The van der Waals surface area contributed by atoms with Crippen molar-refractivity contribution in [2.24, 2.45) is 0 Å². The largest absolute Gasteiger partial charge is 0.494 e. The zero-order valence-electron chi connectivity index (χ0n) is 16.2. The van der Waals surface area contributed by atoms with Gasteiger partial charge in [0.05, 0.1) is 11.5 Å². The van der Waals surface area contributed by atoms with E-state index in [0.29, 0.717) is 12.3 Å². The molecular formula is C24H25NO3S. The summed E-state index contributed by atoms with van der Waals surface area (Å²) < 4.78 is 33.2. The van der Waals surface area contributed by atoms with Gasteiger partial charge in [-0.2, -0.15) is 0 Å². The molecule has 150 valence electrons. The number of para-hydroxylation sites is 1. The molecule has 1 N–H and O–H groups in total. The molecule has 0 aliphatic rings. The lowest BCUT2D eigenvalue weighted by Gasteiger charge is -2.08. The number of hydrogen-bond acceptors (Lipinski definition) is 3. The van der Waals surface area contributed by atoms with Gasteiger partial charge in [-0.15, -0.1) is 0 Å². The van der Waals surface area contributed by atoms with E-state index in [4.69, 9.17) is 4.74 Å². The van der Waals surface area contributed by atoms with E-state index in [-0.39, 0.29) is 4.90 Å². The minimum atomic E-state index is -3.58. The summed E-state index contributed by atoms with van der Waals surface area (Å²) in [6.45, 7) is 0.703. The highest BCUT2D eigenvalue weighted by Gasteiger charge is 2.13. The first kappa shape index (κ1) is 20.7. The number of rotatable bonds is 10. The molecule has 0 aliphatic carbocycles. The fourth-order valence-electron chi connectivity index (χ4n) is 2.81. The van der Waals surface area contributed by atoms with Gasteiger partial charge in [0.1, 0.15) is 5.75 Å². The van der Waals surface area contributed by atoms with Gasteiger partial charge in [0.25, 0.3) is 10.0 Å². The average Bonchev–Trinajstić information content (AvgIpc) is 2.74. The van der Waals surface area contributed by atoms with Crippen LogP contribution in [-0.4, -0.2) is 15.0 Å². The molecular weight excluding hydrogens is 382 g/mol. The Morgan fingerprint density at radius 3 is 2.31 bits per heavy atom. The Hall–Kier alpha value is -3.05. The first-order chi connectivity index (χ1) is 14.1. The van der Waals surface area contributed by atoms with Gasteiger partial charge in [0, 0.05) is 5.69 Å². The number of unbranched alkanes of at least 4 members (excludes halogenated alkanes) is 2. The Morgan fingerprint density at radius 2 is 1.55 bits per heavy atom. The molecule has 0 aromatic heterocycles. The van der Waals surface area contributed by atoms with Crippen LogP contribution in [0.1, 0.15) is 24.8 Å². The van der Waals surface area contributed by atoms with Crippen LogP contribution in [0.25, 0.3) is 6.08 Å². The van der Waals surface area contributed by atoms with Crippen molar-refractivity contribution in [1.82, 2.24) is 0 Å². The summed E-state index contributed by atoms with van der Waals surface area (Å²) in [5.74, 6) is 0.901. The highest BCUT2D eigenvalue weighted by molar-refractivity contribution is 7.92. The molecule has 0 radical (unpaired) electrons. The third-order valence-electron chi connectivity index (χ3n) is 4.28. The van der Waals surface area contributed by atoms with E-state index in [0.717, 1.165) is 30.6 Å². The van der Waals surface area contributed by atoms with Gasteiger partial charge in [-0.25, -0.2) is 8.42 Å². The van der Waals surface area contributed by atoms with Gasteiger partial charge in [0.15, 0.2) is 0 Å². The molecule has 29 heavy (non-hydrogen) atoms. The molecule has 5 heteroatoms. The minimum Gasteiger partial charge on any atom is -0.494 e. The molecule has 0 atom stereocenters. The monoisotopic (exact) mass is 407 g/mol. The fourth-order valence-corrected chi connectivity index (χ4v) is 3.88. The highest BCUT2D eigenvalue weighted by Crippen LogP contribution is 2.18. The van der Waals surface area contributed by atoms with E-state index in [1.54, 1.807) is 36.4 Å². The van der Waals surface area contributed by atoms with E-state index >= 15 is 0 Å². The normalized spacial score (nSPS) is 11.4. The number of allylic oxidation sites excluding steroid dienone is 1. The number of hydrogen-bond donors (Lipinski definition) is 1. The van der Waals surface area contributed by atoms with Crippen molar-refractivity contribution < 1.29 is 13.2 Å². The Balaban J connectivity index is 1.46. The second kappa shape index (κ2) is 10.5. The molecule has 0 amide bonds. The Kier molecular flexibility index (Phi) is 7.47. The number of sulfonamides is 1. The van der Waals surface area contributed by atoms with Gasteiger partial charge in [-0.1, -0.05) is 60.7 Å². The first-order valence-electron chi connectivity index (χ1n) is 9.66. The maximum atomic E-state index is 12.4. The maximum absolute atomic E-state index is 12.4. The van der Waals surface area contributed by atoms with Crippen molar-refractivity contribution in [3.05, 3.63) is 96.6 Å². The van der Waals surface area contributed by atoms with Gasteiger partial charge in [-0.05, 0) is 61.2 Å². The minimum absolute atomic E-state index is 0.249. The molecule has 0 heterocycles. The van der Waals surface area contributed by atoms with Crippen LogP contribution in [0, 0.1) is 0 Å². The van der Waals surface area contributed by atoms with Crippen molar-refractivity contribution in [2.75, 3.05) is 11.3 Å². The van der Waals surface area contributed by atoms with Crippen molar-refractivity contribution in [3.63, 3.8) is 0 Å². The molecule has 4 nitrogen and oxygen atoms in total. The average molecular weight is 408 g/mol.